The fraction of sp³-hybridized carbons (Fsp3) is 0.0909. The van der Waals surface area contributed by atoms with Crippen molar-refractivity contribution in [3.8, 4) is 11.3 Å². The van der Waals surface area contributed by atoms with E-state index in [1.807, 2.05) is 72.8 Å². The fourth-order valence-corrected chi connectivity index (χ4v) is 4.06. The molecule has 0 saturated carbocycles. The van der Waals surface area contributed by atoms with E-state index in [0.29, 0.717) is 6.54 Å². The summed E-state index contributed by atoms with van der Waals surface area (Å²) in [6.07, 6.45) is 1.66. The van der Waals surface area contributed by atoms with Gasteiger partial charge in [-0.3, -0.25) is 4.79 Å². The predicted molar refractivity (Wildman–Crippen MR) is 112 cm³/mol. The third-order valence-electron chi connectivity index (χ3n) is 4.12. The van der Waals surface area contributed by atoms with Crippen LogP contribution in [0.1, 0.15) is 12.7 Å². The number of rotatable bonds is 5. The number of furan rings is 1. The van der Waals surface area contributed by atoms with Crippen molar-refractivity contribution in [2.24, 2.45) is 4.99 Å². The van der Waals surface area contributed by atoms with Gasteiger partial charge in [-0.1, -0.05) is 59.9 Å². The molecule has 1 N–H and O–H groups in total. The van der Waals surface area contributed by atoms with Gasteiger partial charge in [0.2, 0.25) is 5.91 Å². The van der Waals surface area contributed by atoms with Crippen LogP contribution < -0.4 is 10.1 Å². The molecule has 2 aromatic carbocycles. The summed E-state index contributed by atoms with van der Waals surface area (Å²) in [6, 6.07) is 23.6. The van der Waals surface area contributed by atoms with E-state index in [4.69, 9.17) is 9.41 Å². The first-order valence-corrected chi connectivity index (χ1v) is 9.71. The van der Waals surface area contributed by atoms with Crippen molar-refractivity contribution < 1.29 is 9.21 Å². The largest absolute Gasteiger partial charge is 0.467 e. The zero-order chi connectivity index (χ0) is 19.3. The van der Waals surface area contributed by atoms with Crippen LogP contribution in [0.2, 0.25) is 0 Å². The van der Waals surface area contributed by atoms with Crippen molar-refractivity contribution >= 4 is 27.9 Å². The van der Waals surface area contributed by atoms with Crippen LogP contribution in [0.4, 0.5) is 10.7 Å². The first-order valence-electron chi connectivity index (χ1n) is 8.89. The summed E-state index contributed by atoms with van der Waals surface area (Å²) in [7, 11) is 0. The van der Waals surface area contributed by atoms with E-state index < -0.39 is 0 Å². The maximum absolute atomic E-state index is 11.8. The Bertz CT molecular complexity index is 1130. The van der Waals surface area contributed by atoms with Crippen LogP contribution in [-0.2, 0) is 11.3 Å². The molecule has 6 heteroatoms. The van der Waals surface area contributed by atoms with E-state index in [1.54, 1.807) is 6.26 Å². The molecule has 0 aliphatic heterocycles. The molecule has 0 aliphatic rings. The van der Waals surface area contributed by atoms with Crippen LogP contribution in [0.15, 0.2) is 88.5 Å². The number of aromatic nitrogens is 1. The molecule has 2 heterocycles. The highest BCUT2D eigenvalue weighted by atomic mass is 32.1. The lowest BCUT2D eigenvalue weighted by Gasteiger charge is -2.10. The number of benzene rings is 2. The molecule has 2 aromatic heterocycles. The van der Waals surface area contributed by atoms with Crippen LogP contribution in [-0.4, -0.2) is 10.5 Å². The number of hydrogen-bond acceptors (Lipinski definition) is 4. The second kappa shape index (κ2) is 8.10. The minimum Gasteiger partial charge on any atom is -0.467 e. The van der Waals surface area contributed by atoms with Crippen molar-refractivity contribution in [3.63, 3.8) is 0 Å². The van der Waals surface area contributed by atoms with Gasteiger partial charge in [0.05, 0.1) is 24.2 Å². The molecule has 0 unspecified atom stereocenters. The van der Waals surface area contributed by atoms with Crippen molar-refractivity contribution in [1.29, 1.82) is 0 Å². The van der Waals surface area contributed by atoms with Crippen LogP contribution in [0.3, 0.4) is 0 Å². The molecule has 0 atom stereocenters. The minimum atomic E-state index is -0.116. The van der Waals surface area contributed by atoms with Gasteiger partial charge in [0.25, 0.3) is 0 Å². The quantitative estimate of drug-likeness (QED) is 0.519. The molecule has 0 radical (unpaired) electrons. The number of amides is 1. The number of nitrogens with one attached hydrogen (secondary N) is 1. The Labute approximate surface area is 166 Å². The van der Waals surface area contributed by atoms with Gasteiger partial charge < -0.3 is 14.3 Å². The number of carbonyl (C=O) groups excluding carboxylic acids is 1. The number of para-hydroxylation sites is 1. The highest BCUT2D eigenvalue weighted by Crippen LogP contribution is 2.31. The first kappa shape index (κ1) is 18.0. The normalized spacial score (nSPS) is 11.5. The maximum atomic E-state index is 11.8. The minimum absolute atomic E-state index is 0.116. The zero-order valence-corrected chi connectivity index (χ0v) is 16.1. The van der Waals surface area contributed by atoms with E-state index in [9.17, 15) is 4.79 Å². The summed E-state index contributed by atoms with van der Waals surface area (Å²) in [6.45, 7) is 2.03. The van der Waals surface area contributed by atoms with E-state index >= 15 is 0 Å². The van der Waals surface area contributed by atoms with Crippen LogP contribution in [0.25, 0.3) is 11.3 Å². The van der Waals surface area contributed by atoms with Crippen molar-refractivity contribution in [3.05, 3.63) is 89.6 Å². The van der Waals surface area contributed by atoms with Gasteiger partial charge in [-0.2, -0.15) is 0 Å². The van der Waals surface area contributed by atoms with Gasteiger partial charge in [0.15, 0.2) is 4.80 Å². The highest BCUT2D eigenvalue weighted by Gasteiger charge is 2.17. The molecule has 4 rings (SSSR count). The molecule has 0 aliphatic carbocycles. The summed E-state index contributed by atoms with van der Waals surface area (Å²) in [5.74, 6) is 0.703. The molecule has 0 saturated heterocycles. The number of thiazole rings is 1. The molecular weight excluding hydrogens is 370 g/mol. The molecular formula is C22H19N3O2S. The molecule has 5 nitrogen and oxygen atoms in total. The predicted octanol–water partition coefficient (Wildman–Crippen LogP) is 5.05. The van der Waals surface area contributed by atoms with Crippen LogP contribution >= 0.6 is 11.3 Å². The molecule has 28 heavy (non-hydrogen) atoms. The Kier molecular flexibility index (Phi) is 5.21. The summed E-state index contributed by atoms with van der Waals surface area (Å²) in [5, 5.41) is 3.73. The summed E-state index contributed by atoms with van der Waals surface area (Å²) >= 11 is 1.45. The average Bonchev–Trinajstić information content (AvgIpc) is 3.32. The van der Waals surface area contributed by atoms with Crippen LogP contribution in [0.5, 0.6) is 0 Å². The van der Waals surface area contributed by atoms with Gasteiger partial charge >= 0.3 is 0 Å². The summed E-state index contributed by atoms with van der Waals surface area (Å²) in [5.41, 5.74) is 2.77. The van der Waals surface area contributed by atoms with Gasteiger partial charge in [-0.25, -0.2) is 4.99 Å². The topological polar surface area (TPSA) is 59.5 Å². The SMILES string of the molecule is CC(=O)Nc1sc(=Nc2ccccc2)n(Cc2ccco2)c1-c1ccccc1. The summed E-state index contributed by atoms with van der Waals surface area (Å²) < 4.78 is 7.66. The van der Waals surface area contributed by atoms with Crippen molar-refractivity contribution in [2.45, 2.75) is 13.5 Å². The van der Waals surface area contributed by atoms with E-state index in [-0.39, 0.29) is 5.91 Å². The van der Waals surface area contributed by atoms with Gasteiger partial charge in [-0.05, 0) is 24.3 Å². The number of carbonyl (C=O) groups is 1. The monoisotopic (exact) mass is 389 g/mol. The molecule has 1 amide bonds. The standard InChI is InChI=1S/C22H19N3O2S/c1-16(26)23-21-20(17-9-4-2-5-10-17)25(15-19-13-8-14-27-19)22(28-21)24-18-11-6-3-7-12-18/h2-14H,15H2,1H3,(H,23,26). The molecule has 0 spiro atoms. The Balaban J connectivity index is 1.95. The van der Waals surface area contributed by atoms with Gasteiger partial charge in [0.1, 0.15) is 10.8 Å². The second-order valence-electron chi connectivity index (χ2n) is 6.22. The molecule has 4 aromatic rings. The molecule has 140 valence electrons. The van der Waals surface area contributed by atoms with E-state index in [0.717, 1.165) is 32.5 Å². The Morgan fingerprint density at radius 2 is 1.75 bits per heavy atom. The Morgan fingerprint density at radius 3 is 2.39 bits per heavy atom. The second-order valence-corrected chi connectivity index (χ2v) is 7.20. The van der Waals surface area contributed by atoms with Crippen molar-refractivity contribution in [2.75, 3.05) is 5.32 Å². The van der Waals surface area contributed by atoms with Crippen molar-refractivity contribution in [1.82, 2.24) is 4.57 Å². The number of hydrogen-bond donors (Lipinski definition) is 1. The first-order chi connectivity index (χ1) is 13.7. The zero-order valence-electron chi connectivity index (χ0n) is 15.3. The lowest BCUT2D eigenvalue weighted by Crippen LogP contribution is -2.16. The third-order valence-corrected chi connectivity index (χ3v) is 5.11. The van der Waals surface area contributed by atoms with E-state index in [1.165, 1.54) is 18.3 Å². The highest BCUT2D eigenvalue weighted by molar-refractivity contribution is 7.14. The van der Waals surface area contributed by atoms with Gasteiger partial charge in [0, 0.05) is 12.5 Å². The number of anilines is 1. The lowest BCUT2D eigenvalue weighted by atomic mass is 10.1. The summed E-state index contributed by atoms with van der Waals surface area (Å²) in [4.78, 5) is 17.4. The molecule has 0 bridgehead atoms. The Morgan fingerprint density at radius 1 is 1.04 bits per heavy atom. The fourth-order valence-electron chi connectivity index (χ4n) is 2.94. The molecule has 0 fully saturated rings. The average molecular weight is 389 g/mol. The Hall–Kier alpha value is -3.38. The van der Waals surface area contributed by atoms with Crippen LogP contribution in [0, 0.1) is 0 Å². The lowest BCUT2D eigenvalue weighted by molar-refractivity contribution is -0.114. The smallest absolute Gasteiger partial charge is 0.221 e. The third kappa shape index (κ3) is 3.97. The maximum Gasteiger partial charge on any atom is 0.221 e. The number of nitrogens with zero attached hydrogens (tertiary/aromatic N) is 2. The van der Waals surface area contributed by atoms with E-state index in [2.05, 4.69) is 9.88 Å². The van der Waals surface area contributed by atoms with Gasteiger partial charge in [-0.15, -0.1) is 0 Å².